The van der Waals surface area contributed by atoms with Crippen molar-refractivity contribution in [3.63, 3.8) is 0 Å². The van der Waals surface area contributed by atoms with Gasteiger partial charge in [0.2, 0.25) is 0 Å². The lowest BCUT2D eigenvalue weighted by molar-refractivity contribution is 0.155. The number of aliphatic hydroxyl groups excluding tert-OH is 1. The van der Waals surface area contributed by atoms with Crippen molar-refractivity contribution in [3.8, 4) is 0 Å². The van der Waals surface area contributed by atoms with E-state index < -0.39 is 0 Å². The van der Waals surface area contributed by atoms with Crippen LogP contribution >= 0.6 is 0 Å². The van der Waals surface area contributed by atoms with E-state index in [2.05, 4.69) is 0 Å². The Morgan fingerprint density at radius 3 is 2.12 bits per heavy atom. The molecule has 0 aliphatic heterocycles. The Morgan fingerprint density at radius 1 is 1.50 bits per heavy atom. The highest BCUT2D eigenvalue weighted by Gasteiger charge is 2.03. The lowest BCUT2D eigenvalue weighted by atomic mass is 10.1. The zero-order valence-electron chi connectivity index (χ0n) is 5.39. The Kier molecular flexibility index (Phi) is 3.79. The monoisotopic (exact) mass is 120 g/mol. The van der Waals surface area contributed by atoms with E-state index >= 15 is 0 Å². The minimum absolute atomic E-state index is 0.00926. The molecule has 0 heterocycles. The van der Waals surface area contributed by atoms with Crippen LogP contribution in [0.3, 0.4) is 0 Å². The zero-order valence-corrected chi connectivity index (χ0v) is 5.39. The van der Waals surface area contributed by atoms with Gasteiger partial charge < -0.3 is 5.11 Å². The van der Waals surface area contributed by atoms with E-state index in [1.54, 1.807) is 13.8 Å². The van der Waals surface area contributed by atoms with E-state index in [0.717, 1.165) is 0 Å². The molecule has 0 spiro atoms. The van der Waals surface area contributed by atoms with E-state index in [-0.39, 0.29) is 18.7 Å². The number of aliphatic hydroxyl groups is 1. The fraction of sp³-hybridized carbons (Fsp3) is 1.00. The number of hydrogen-bond acceptors (Lipinski definition) is 1. The Morgan fingerprint density at radius 2 is 2.00 bits per heavy atom. The first-order chi connectivity index (χ1) is 3.66. The van der Waals surface area contributed by atoms with E-state index in [9.17, 15) is 4.39 Å². The molecule has 0 aromatic rings. The van der Waals surface area contributed by atoms with Crippen molar-refractivity contribution in [1.29, 1.82) is 0 Å². The molecule has 2 heteroatoms. The standard InChI is InChI=1S/C6H13FO/c1-5(4-7)3-6(2)8/h5-6,8H,3-4H2,1-2H3. The van der Waals surface area contributed by atoms with Gasteiger partial charge >= 0.3 is 0 Å². The molecular formula is C6H13FO. The maximum Gasteiger partial charge on any atom is 0.0920 e. The minimum atomic E-state index is -0.360. The maximum atomic E-state index is 11.6. The van der Waals surface area contributed by atoms with E-state index in [1.807, 2.05) is 0 Å². The van der Waals surface area contributed by atoms with Gasteiger partial charge in [0.15, 0.2) is 0 Å². The third kappa shape index (κ3) is 4.06. The van der Waals surface area contributed by atoms with E-state index in [1.165, 1.54) is 0 Å². The fourth-order valence-electron chi connectivity index (χ4n) is 0.645. The fourth-order valence-corrected chi connectivity index (χ4v) is 0.645. The van der Waals surface area contributed by atoms with Crippen LogP contribution in [0.2, 0.25) is 0 Å². The van der Waals surface area contributed by atoms with Gasteiger partial charge in [-0.25, -0.2) is 0 Å². The third-order valence-electron chi connectivity index (χ3n) is 1.01. The molecule has 0 radical (unpaired) electrons. The molecule has 0 fully saturated rings. The first-order valence-corrected chi connectivity index (χ1v) is 2.90. The molecule has 0 aliphatic carbocycles. The Balaban J connectivity index is 3.10. The van der Waals surface area contributed by atoms with Crippen LogP contribution in [0.15, 0.2) is 0 Å². The average molecular weight is 120 g/mol. The topological polar surface area (TPSA) is 20.2 Å². The number of rotatable bonds is 3. The third-order valence-corrected chi connectivity index (χ3v) is 1.01. The van der Waals surface area contributed by atoms with Gasteiger partial charge in [-0.05, 0) is 19.3 Å². The minimum Gasteiger partial charge on any atom is -0.393 e. The summed E-state index contributed by atoms with van der Waals surface area (Å²) in [6.07, 6.45) is 0.206. The highest BCUT2D eigenvalue weighted by Crippen LogP contribution is 2.04. The van der Waals surface area contributed by atoms with Crippen molar-refractivity contribution < 1.29 is 9.50 Å². The molecule has 0 saturated heterocycles. The zero-order chi connectivity index (χ0) is 6.57. The predicted molar refractivity (Wildman–Crippen MR) is 31.4 cm³/mol. The van der Waals surface area contributed by atoms with E-state index in [0.29, 0.717) is 6.42 Å². The van der Waals surface area contributed by atoms with Crippen molar-refractivity contribution in [2.75, 3.05) is 6.67 Å². The number of alkyl halides is 1. The van der Waals surface area contributed by atoms with Crippen LogP contribution in [0, 0.1) is 5.92 Å². The second-order valence-corrected chi connectivity index (χ2v) is 2.34. The predicted octanol–water partition coefficient (Wildman–Crippen LogP) is 1.36. The summed E-state index contributed by atoms with van der Waals surface area (Å²) in [4.78, 5) is 0. The molecule has 0 rings (SSSR count). The summed E-state index contributed by atoms with van der Waals surface area (Å²) in [5.41, 5.74) is 0. The van der Waals surface area contributed by atoms with Crippen LogP contribution in [0.5, 0.6) is 0 Å². The highest BCUT2D eigenvalue weighted by atomic mass is 19.1. The summed E-state index contributed by atoms with van der Waals surface area (Å²) < 4.78 is 11.6. The average Bonchev–Trinajstić information content (AvgIpc) is 1.65. The van der Waals surface area contributed by atoms with Gasteiger partial charge in [0.25, 0.3) is 0 Å². The largest absolute Gasteiger partial charge is 0.393 e. The highest BCUT2D eigenvalue weighted by molar-refractivity contribution is 4.54. The van der Waals surface area contributed by atoms with Crippen molar-refractivity contribution >= 4 is 0 Å². The van der Waals surface area contributed by atoms with Crippen LogP contribution < -0.4 is 0 Å². The summed E-state index contributed by atoms with van der Waals surface area (Å²) in [6, 6.07) is 0. The Labute approximate surface area is 49.5 Å². The molecule has 8 heavy (non-hydrogen) atoms. The summed E-state index contributed by atoms with van der Waals surface area (Å²) in [6.45, 7) is 3.13. The van der Waals surface area contributed by atoms with Crippen molar-refractivity contribution in [3.05, 3.63) is 0 Å². The molecule has 2 unspecified atom stereocenters. The normalized spacial score (nSPS) is 18.0. The Bertz CT molecular complexity index is 54.5. The van der Waals surface area contributed by atoms with Crippen LogP contribution in [0.1, 0.15) is 20.3 Å². The number of hydrogen-bond donors (Lipinski definition) is 1. The number of halogens is 1. The van der Waals surface area contributed by atoms with Crippen LogP contribution in [-0.2, 0) is 0 Å². The molecule has 50 valence electrons. The summed E-state index contributed by atoms with van der Waals surface area (Å²) >= 11 is 0. The van der Waals surface area contributed by atoms with Gasteiger partial charge in [0.1, 0.15) is 0 Å². The lowest BCUT2D eigenvalue weighted by Crippen LogP contribution is -2.07. The molecule has 2 atom stereocenters. The van der Waals surface area contributed by atoms with Gasteiger partial charge in [0.05, 0.1) is 12.8 Å². The van der Waals surface area contributed by atoms with Gasteiger partial charge in [-0.15, -0.1) is 0 Å². The van der Waals surface area contributed by atoms with E-state index in [4.69, 9.17) is 5.11 Å². The first kappa shape index (κ1) is 7.89. The smallest absolute Gasteiger partial charge is 0.0920 e. The maximum absolute atomic E-state index is 11.6. The van der Waals surface area contributed by atoms with Gasteiger partial charge in [0, 0.05) is 0 Å². The molecule has 0 bridgehead atoms. The molecule has 0 aromatic carbocycles. The molecule has 0 aliphatic rings. The summed E-state index contributed by atoms with van der Waals surface area (Å²) in [5.74, 6) is 0.00926. The van der Waals surface area contributed by atoms with Gasteiger partial charge in [-0.2, -0.15) is 0 Å². The van der Waals surface area contributed by atoms with Crippen LogP contribution in [-0.4, -0.2) is 17.9 Å². The molecule has 0 aromatic heterocycles. The van der Waals surface area contributed by atoms with Crippen molar-refractivity contribution in [1.82, 2.24) is 0 Å². The molecule has 0 amide bonds. The summed E-state index contributed by atoms with van der Waals surface area (Å²) in [7, 11) is 0. The van der Waals surface area contributed by atoms with Crippen LogP contribution in [0.4, 0.5) is 4.39 Å². The molecule has 0 saturated carbocycles. The van der Waals surface area contributed by atoms with Crippen molar-refractivity contribution in [2.24, 2.45) is 5.92 Å². The van der Waals surface area contributed by atoms with Gasteiger partial charge in [-0.3, -0.25) is 4.39 Å². The van der Waals surface area contributed by atoms with Crippen molar-refractivity contribution in [2.45, 2.75) is 26.4 Å². The molecule has 1 nitrogen and oxygen atoms in total. The molecular weight excluding hydrogens is 107 g/mol. The van der Waals surface area contributed by atoms with Gasteiger partial charge in [-0.1, -0.05) is 6.92 Å². The second-order valence-electron chi connectivity index (χ2n) is 2.34. The quantitative estimate of drug-likeness (QED) is 0.596. The molecule has 1 N–H and O–H groups in total. The lowest BCUT2D eigenvalue weighted by Gasteiger charge is -2.07. The van der Waals surface area contributed by atoms with Crippen LogP contribution in [0.25, 0.3) is 0 Å². The Hall–Kier alpha value is -0.110. The first-order valence-electron chi connectivity index (χ1n) is 2.90. The SMILES string of the molecule is CC(O)CC(C)CF. The summed E-state index contributed by atoms with van der Waals surface area (Å²) in [5, 5.41) is 8.69. The second kappa shape index (κ2) is 3.84.